The lowest BCUT2D eigenvalue weighted by atomic mass is 10.0. The summed E-state index contributed by atoms with van der Waals surface area (Å²) < 4.78 is 4.75. The van der Waals surface area contributed by atoms with Gasteiger partial charge < -0.3 is 9.13 Å². The maximum atomic E-state index is 4.75. The summed E-state index contributed by atoms with van der Waals surface area (Å²) in [5, 5.41) is 5.01. The molecule has 3 heterocycles. The highest BCUT2D eigenvalue weighted by atomic mass is 15.0. The highest BCUT2D eigenvalue weighted by Gasteiger charge is 2.16. The van der Waals surface area contributed by atoms with Crippen LogP contribution in [0.5, 0.6) is 0 Å². The number of hydrogen-bond acceptors (Lipinski definition) is 1. The zero-order valence-corrected chi connectivity index (χ0v) is 27.2. The van der Waals surface area contributed by atoms with Crippen molar-refractivity contribution in [1.29, 1.82) is 0 Å². The maximum absolute atomic E-state index is 4.75. The minimum absolute atomic E-state index is 0.981. The minimum Gasteiger partial charge on any atom is -0.309 e. The lowest BCUT2D eigenvalue weighted by Gasteiger charge is -2.10. The van der Waals surface area contributed by atoms with Crippen molar-refractivity contribution >= 4 is 43.6 Å². The van der Waals surface area contributed by atoms with Crippen LogP contribution < -0.4 is 0 Å². The van der Waals surface area contributed by atoms with Gasteiger partial charge in [0.15, 0.2) is 0 Å². The third-order valence-corrected chi connectivity index (χ3v) is 9.98. The smallest absolute Gasteiger partial charge is 0.0702 e. The fourth-order valence-electron chi connectivity index (χ4n) is 7.59. The molecular weight excluding hydrogens is 607 g/mol. The van der Waals surface area contributed by atoms with Gasteiger partial charge in [0.1, 0.15) is 0 Å². The summed E-state index contributed by atoms with van der Waals surface area (Å²) in [6.07, 6.45) is 1.97. The second kappa shape index (κ2) is 11.5. The Hall–Kier alpha value is -6.71. The molecule has 0 aliphatic heterocycles. The maximum Gasteiger partial charge on any atom is 0.0702 e. The molecular formula is C47H31N3. The number of para-hydroxylation sites is 3. The molecule has 0 fully saturated rings. The van der Waals surface area contributed by atoms with Crippen molar-refractivity contribution in [3.05, 3.63) is 188 Å². The van der Waals surface area contributed by atoms with Gasteiger partial charge in [-0.25, -0.2) is 0 Å². The molecule has 0 saturated carbocycles. The van der Waals surface area contributed by atoms with Gasteiger partial charge in [0.25, 0.3) is 0 Å². The number of rotatable bonds is 5. The van der Waals surface area contributed by atoms with E-state index in [2.05, 4.69) is 173 Å². The molecule has 0 bridgehead atoms. The van der Waals surface area contributed by atoms with Crippen LogP contribution in [0.25, 0.3) is 88.5 Å². The molecule has 0 saturated heterocycles. The van der Waals surface area contributed by atoms with Crippen LogP contribution in [0.15, 0.2) is 188 Å². The Labute approximate surface area is 290 Å². The number of benzene rings is 7. The summed E-state index contributed by atoms with van der Waals surface area (Å²) in [7, 11) is 0. The van der Waals surface area contributed by atoms with Crippen molar-refractivity contribution in [2.24, 2.45) is 0 Å². The van der Waals surface area contributed by atoms with Crippen LogP contribution in [-0.4, -0.2) is 14.1 Å². The van der Waals surface area contributed by atoms with E-state index >= 15 is 0 Å². The predicted octanol–water partition coefficient (Wildman–Crippen LogP) is 12.3. The van der Waals surface area contributed by atoms with E-state index in [-0.39, 0.29) is 0 Å². The lowest BCUT2D eigenvalue weighted by Crippen LogP contribution is -1.94. The van der Waals surface area contributed by atoms with Gasteiger partial charge in [0, 0.05) is 50.2 Å². The molecule has 0 amide bonds. The molecule has 10 rings (SSSR count). The highest BCUT2D eigenvalue weighted by molar-refractivity contribution is 6.12. The Balaban J connectivity index is 1.05. The van der Waals surface area contributed by atoms with Crippen LogP contribution in [-0.2, 0) is 0 Å². The largest absolute Gasteiger partial charge is 0.309 e. The zero-order chi connectivity index (χ0) is 33.0. The minimum atomic E-state index is 0.981. The van der Waals surface area contributed by atoms with Crippen molar-refractivity contribution in [2.45, 2.75) is 0 Å². The van der Waals surface area contributed by atoms with Crippen LogP contribution in [0, 0.1) is 0 Å². The molecule has 3 aromatic heterocycles. The third-order valence-electron chi connectivity index (χ3n) is 9.98. The average molecular weight is 638 g/mol. The molecule has 3 nitrogen and oxygen atoms in total. The molecule has 0 aliphatic rings. The van der Waals surface area contributed by atoms with E-state index in [9.17, 15) is 0 Å². The van der Waals surface area contributed by atoms with Crippen molar-refractivity contribution in [3.63, 3.8) is 0 Å². The summed E-state index contributed by atoms with van der Waals surface area (Å²) in [4.78, 5) is 4.75. The molecule has 3 heteroatoms. The van der Waals surface area contributed by atoms with Crippen LogP contribution in [0.4, 0.5) is 0 Å². The Morgan fingerprint density at radius 2 is 0.760 bits per heavy atom. The van der Waals surface area contributed by atoms with Crippen LogP contribution >= 0.6 is 0 Å². The first-order valence-corrected chi connectivity index (χ1v) is 17.0. The monoisotopic (exact) mass is 637 g/mol. The SMILES string of the molecule is c1ccc(-c2ccc(-c3ccc(-n4c5ccccc5c5cc(-c6ccc7c(c6)c6ccccc6n7-c6ccccc6)ccc54)cc3)cn2)cc1. The molecule has 234 valence electrons. The fraction of sp³-hybridized carbons (Fsp3) is 0. The molecule has 0 aliphatic carbocycles. The summed E-state index contributed by atoms with van der Waals surface area (Å²) in [5.74, 6) is 0. The van der Waals surface area contributed by atoms with Crippen molar-refractivity contribution in [3.8, 4) is 44.9 Å². The second-order valence-electron chi connectivity index (χ2n) is 12.8. The standard InChI is InChI=1S/C47H31N3/c1-3-11-33(12-4-1)43-26-21-36(31-48-43)32-19-24-38(25-20-32)50-45-18-10-8-16-40(45)42-30-35(23-28-47(42)50)34-22-27-46-41(29-34)39-15-7-9-17-44(39)49(46)37-13-5-2-6-14-37/h1-31H. The summed E-state index contributed by atoms with van der Waals surface area (Å²) >= 11 is 0. The van der Waals surface area contributed by atoms with Gasteiger partial charge in [0.2, 0.25) is 0 Å². The molecule has 0 spiro atoms. The number of hydrogen-bond donors (Lipinski definition) is 0. The second-order valence-corrected chi connectivity index (χ2v) is 12.8. The van der Waals surface area contributed by atoms with Gasteiger partial charge in [-0.05, 0) is 83.4 Å². The lowest BCUT2D eigenvalue weighted by molar-refractivity contribution is 1.18. The first-order valence-electron chi connectivity index (χ1n) is 17.0. The van der Waals surface area contributed by atoms with Gasteiger partial charge in [0.05, 0.1) is 27.8 Å². The molecule has 0 radical (unpaired) electrons. The normalized spacial score (nSPS) is 11.6. The van der Waals surface area contributed by atoms with E-state index in [1.165, 1.54) is 60.4 Å². The zero-order valence-electron chi connectivity index (χ0n) is 27.2. The Kier molecular flexibility index (Phi) is 6.49. The average Bonchev–Trinajstić information content (AvgIpc) is 3.71. The molecule has 50 heavy (non-hydrogen) atoms. The molecule has 0 unspecified atom stereocenters. The van der Waals surface area contributed by atoms with Crippen molar-refractivity contribution < 1.29 is 0 Å². The first-order chi connectivity index (χ1) is 24.8. The summed E-state index contributed by atoms with van der Waals surface area (Å²) in [5.41, 5.74) is 13.9. The summed E-state index contributed by atoms with van der Waals surface area (Å²) in [6, 6.07) is 65.3. The first kappa shape index (κ1) is 28.3. The van der Waals surface area contributed by atoms with Gasteiger partial charge in [-0.1, -0.05) is 115 Å². The molecule has 0 N–H and O–H groups in total. The van der Waals surface area contributed by atoms with Gasteiger partial charge in [-0.15, -0.1) is 0 Å². The van der Waals surface area contributed by atoms with Gasteiger partial charge >= 0.3 is 0 Å². The summed E-state index contributed by atoms with van der Waals surface area (Å²) in [6.45, 7) is 0. The van der Waals surface area contributed by atoms with Gasteiger partial charge in [-0.2, -0.15) is 0 Å². The number of fused-ring (bicyclic) bond motifs is 6. The number of pyridine rings is 1. The number of nitrogens with zero attached hydrogens (tertiary/aromatic N) is 3. The van der Waals surface area contributed by atoms with E-state index in [1.807, 2.05) is 24.4 Å². The van der Waals surface area contributed by atoms with Crippen molar-refractivity contribution in [1.82, 2.24) is 14.1 Å². The van der Waals surface area contributed by atoms with E-state index < -0.39 is 0 Å². The quantitative estimate of drug-likeness (QED) is 0.184. The van der Waals surface area contributed by atoms with E-state index in [1.54, 1.807) is 0 Å². The van der Waals surface area contributed by atoms with Crippen molar-refractivity contribution in [2.75, 3.05) is 0 Å². The Morgan fingerprint density at radius 3 is 1.32 bits per heavy atom. The Morgan fingerprint density at radius 1 is 0.300 bits per heavy atom. The van der Waals surface area contributed by atoms with Gasteiger partial charge in [-0.3, -0.25) is 4.98 Å². The topological polar surface area (TPSA) is 22.8 Å². The molecule has 0 atom stereocenters. The van der Waals surface area contributed by atoms with E-state index in [0.717, 1.165) is 28.1 Å². The molecule has 10 aromatic rings. The van der Waals surface area contributed by atoms with E-state index in [0.29, 0.717) is 0 Å². The number of aromatic nitrogens is 3. The van der Waals surface area contributed by atoms with Crippen LogP contribution in [0.2, 0.25) is 0 Å². The molecule has 7 aromatic carbocycles. The fourth-order valence-corrected chi connectivity index (χ4v) is 7.59. The third kappa shape index (κ3) is 4.56. The highest BCUT2D eigenvalue weighted by Crippen LogP contribution is 2.38. The van der Waals surface area contributed by atoms with Crippen LogP contribution in [0.3, 0.4) is 0 Å². The van der Waals surface area contributed by atoms with E-state index in [4.69, 9.17) is 4.98 Å². The predicted molar refractivity (Wildman–Crippen MR) is 209 cm³/mol. The van der Waals surface area contributed by atoms with Crippen LogP contribution in [0.1, 0.15) is 0 Å². The Bertz CT molecular complexity index is 2830.